The van der Waals surface area contributed by atoms with Crippen LogP contribution in [0.3, 0.4) is 0 Å². The van der Waals surface area contributed by atoms with Crippen molar-refractivity contribution in [2.75, 3.05) is 0 Å². The Morgan fingerprint density at radius 2 is 2.04 bits per heavy atom. The first-order chi connectivity index (χ1) is 12.2. The van der Waals surface area contributed by atoms with E-state index in [0.29, 0.717) is 10.7 Å². The average Bonchev–Trinajstić information content (AvgIpc) is 3.21. The molecule has 4 aromatic rings. The van der Waals surface area contributed by atoms with Crippen molar-refractivity contribution in [2.45, 2.75) is 32.7 Å². The Morgan fingerprint density at radius 1 is 1.24 bits per heavy atom. The number of pyridine rings is 1. The van der Waals surface area contributed by atoms with Crippen LogP contribution in [0.25, 0.3) is 33.2 Å². The third-order valence-electron chi connectivity index (χ3n) is 4.86. The maximum absolute atomic E-state index is 12.6. The van der Waals surface area contributed by atoms with Gasteiger partial charge in [-0.25, -0.2) is 9.78 Å². The summed E-state index contributed by atoms with van der Waals surface area (Å²) in [4.78, 5) is 23.1. The minimum Gasteiger partial charge on any atom is -0.361 e. The van der Waals surface area contributed by atoms with E-state index in [2.05, 4.69) is 28.8 Å². The molecule has 25 heavy (non-hydrogen) atoms. The zero-order chi connectivity index (χ0) is 17.6. The lowest BCUT2D eigenvalue weighted by atomic mass is 10.0. The van der Waals surface area contributed by atoms with Crippen LogP contribution in [0.4, 0.5) is 0 Å². The number of nitrogens with one attached hydrogen (secondary N) is 2. The molecule has 0 saturated carbocycles. The summed E-state index contributed by atoms with van der Waals surface area (Å²) in [6, 6.07) is 8.18. The second kappa shape index (κ2) is 6.08. The standard InChI is InChI=1S/C19H19ClN4O/c1-3-11(4-2)24-17-16(14(20)10-22-18(17)23-19(24)25)13-6-5-7-15-12(13)8-9-21-15/h5-11,21H,3-4H2,1-2H3,(H,22,23,25). The van der Waals surface area contributed by atoms with Crippen molar-refractivity contribution in [3.63, 3.8) is 0 Å². The van der Waals surface area contributed by atoms with E-state index in [1.807, 2.05) is 35.0 Å². The maximum Gasteiger partial charge on any atom is 0.327 e. The van der Waals surface area contributed by atoms with Crippen LogP contribution in [0.2, 0.25) is 5.02 Å². The molecule has 0 atom stereocenters. The fourth-order valence-corrected chi connectivity index (χ4v) is 3.87. The molecule has 0 aliphatic heterocycles. The predicted molar refractivity (Wildman–Crippen MR) is 102 cm³/mol. The van der Waals surface area contributed by atoms with Gasteiger partial charge in [-0.15, -0.1) is 0 Å². The van der Waals surface area contributed by atoms with Gasteiger partial charge in [-0.2, -0.15) is 0 Å². The molecule has 3 heterocycles. The van der Waals surface area contributed by atoms with E-state index in [4.69, 9.17) is 11.6 Å². The quantitative estimate of drug-likeness (QED) is 0.548. The number of fused-ring (bicyclic) bond motifs is 2. The van der Waals surface area contributed by atoms with E-state index in [1.54, 1.807) is 6.20 Å². The van der Waals surface area contributed by atoms with Gasteiger partial charge >= 0.3 is 5.69 Å². The molecular weight excluding hydrogens is 336 g/mol. The summed E-state index contributed by atoms with van der Waals surface area (Å²) in [6.07, 6.45) is 5.25. The molecule has 0 aliphatic rings. The molecule has 2 N–H and O–H groups in total. The van der Waals surface area contributed by atoms with Gasteiger partial charge in [-0.1, -0.05) is 37.6 Å². The number of halogens is 1. The fourth-order valence-electron chi connectivity index (χ4n) is 3.63. The van der Waals surface area contributed by atoms with Crippen molar-refractivity contribution in [3.8, 4) is 11.1 Å². The molecule has 0 saturated heterocycles. The van der Waals surface area contributed by atoms with Crippen LogP contribution < -0.4 is 5.69 Å². The van der Waals surface area contributed by atoms with Gasteiger partial charge in [0.15, 0.2) is 5.65 Å². The molecule has 0 fully saturated rings. The summed E-state index contributed by atoms with van der Waals surface area (Å²) in [5.74, 6) is 0. The zero-order valence-electron chi connectivity index (χ0n) is 14.1. The fraction of sp³-hybridized carbons (Fsp3) is 0.263. The Kier molecular flexibility index (Phi) is 3.88. The molecule has 0 amide bonds. The number of aromatic amines is 2. The van der Waals surface area contributed by atoms with Crippen LogP contribution in [0, 0.1) is 0 Å². The number of aromatic nitrogens is 4. The van der Waals surface area contributed by atoms with Crippen molar-refractivity contribution in [1.82, 2.24) is 19.5 Å². The highest BCUT2D eigenvalue weighted by Crippen LogP contribution is 2.38. The van der Waals surface area contributed by atoms with Crippen LogP contribution in [0.1, 0.15) is 32.7 Å². The summed E-state index contributed by atoms with van der Waals surface area (Å²) < 4.78 is 1.81. The number of hydrogen-bond donors (Lipinski definition) is 2. The molecule has 0 aliphatic carbocycles. The second-order valence-electron chi connectivity index (χ2n) is 6.19. The lowest BCUT2D eigenvalue weighted by Gasteiger charge is -2.17. The largest absolute Gasteiger partial charge is 0.361 e. The van der Waals surface area contributed by atoms with E-state index >= 15 is 0 Å². The smallest absolute Gasteiger partial charge is 0.327 e. The Morgan fingerprint density at radius 3 is 2.80 bits per heavy atom. The minimum atomic E-state index is -0.138. The third-order valence-corrected chi connectivity index (χ3v) is 5.15. The van der Waals surface area contributed by atoms with Crippen LogP contribution in [-0.4, -0.2) is 19.5 Å². The lowest BCUT2D eigenvalue weighted by Crippen LogP contribution is -2.21. The van der Waals surface area contributed by atoms with Crippen LogP contribution in [0.15, 0.2) is 41.5 Å². The number of H-pyrrole nitrogens is 2. The van der Waals surface area contributed by atoms with Gasteiger partial charge in [-0.3, -0.25) is 9.55 Å². The van der Waals surface area contributed by atoms with Crippen molar-refractivity contribution in [2.24, 2.45) is 0 Å². The number of imidazole rings is 1. The van der Waals surface area contributed by atoms with Gasteiger partial charge in [-0.05, 0) is 30.5 Å². The first kappa shape index (κ1) is 16.0. The SMILES string of the molecule is CCC(CC)n1c(=O)[nH]c2ncc(Cl)c(-c3cccc4[nH]ccc34)c21. The Bertz CT molecular complexity index is 1120. The Labute approximate surface area is 149 Å². The predicted octanol–water partition coefficient (Wildman–Crippen LogP) is 4.89. The van der Waals surface area contributed by atoms with Crippen molar-refractivity contribution >= 4 is 33.7 Å². The molecule has 0 spiro atoms. The Balaban J connectivity index is 2.15. The first-order valence-electron chi connectivity index (χ1n) is 8.50. The van der Waals surface area contributed by atoms with Crippen molar-refractivity contribution in [1.29, 1.82) is 0 Å². The number of nitrogens with zero attached hydrogens (tertiary/aromatic N) is 2. The van der Waals surface area contributed by atoms with Crippen LogP contribution >= 0.6 is 11.6 Å². The normalized spacial score (nSPS) is 11.8. The van der Waals surface area contributed by atoms with Gasteiger partial charge in [0.05, 0.1) is 10.5 Å². The molecule has 0 radical (unpaired) electrons. The monoisotopic (exact) mass is 354 g/mol. The highest BCUT2D eigenvalue weighted by Gasteiger charge is 2.21. The average molecular weight is 355 g/mol. The van der Waals surface area contributed by atoms with Gasteiger partial charge in [0, 0.05) is 34.9 Å². The second-order valence-corrected chi connectivity index (χ2v) is 6.60. The molecule has 128 valence electrons. The van der Waals surface area contributed by atoms with E-state index in [9.17, 15) is 4.79 Å². The molecule has 0 bridgehead atoms. The molecular formula is C19H19ClN4O. The van der Waals surface area contributed by atoms with Crippen molar-refractivity contribution in [3.05, 3.63) is 52.2 Å². The van der Waals surface area contributed by atoms with Gasteiger partial charge < -0.3 is 4.98 Å². The summed E-state index contributed by atoms with van der Waals surface area (Å²) in [7, 11) is 0. The van der Waals surface area contributed by atoms with E-state index < -0.39 is 0 Å². The number of hydrogen-bond acceptors (Lipinski definition) is 2. The number of rotatable bonds is 4. The van der Waals surface area contributed by atoms with Gasteiger partial charge in [0.2, 0.25) is 0 Å². The topological polar surface area (TPSA) is 66.5 Å². The van der Waals surface area contributed by atoms with E-state index in [-0.39, 0.29) is 11.7 Å². The minimum absolute atomic E-state index is 0.102. The summed E-state index contributed by atoms with van der Waals surface area (Å²) in [5, 5.41) is 1.61. The highest BCUT2D eigenvalue weighted by molar-refractivity contribution is 6.35. The summed E-state index contributed by atoms with van der Waals surface area (Å²) in [6.45, 7) is 4.17. The summed E-state index contributed by atoms with van der Waals surface area (Å²) in [5.41, 5.74) is 4.09. The number of benzene rings is 1. The molecule has 5 nitrogen and oxygen atoms in total. The zero-order valence-corrected chi connectivity index (χ0v) is 14.9. The maximum atomic E-state index is 12.6. The molecule has 1 aromatic carbocycles. The highest BCUT2D eigenvalue weighted by atomic mass is 35.5. The van der Waals surface area contributed by atoms with Crippen LogP contribution in [-0.2, 0) is 0 Å². The first-order valence-corrected chi connectivity index (χ1v) is 8.88. The van der Waals surface area contributed by atoms with Crippen molar-refractivity contribution < 1.29 is 0 Å². The summed E-state index contributed by atoms with van der Waals surface area (Å²) >= 11 is 6.58. The molecule has 4 rings (SSSR count). The van der Waals surface area contributed by atoms with Gasteiger partial charge in [0.25, 0.3) is 0 Å². The molecule has 3 aromatic heterocycles. The van der Waals surface area contributed by atoms with Crippen LogP contribution in [0.5, 0.6) is 0 Å². The third kappa shape index (κ3) is 2.38. The van der Waals surface area contributed by atoms with E-state index in [1.165, 1.54) is 0 Å². The lowest BCUT2D eigenvalue weighted by molar-refractivity contribution is 0.472. The molecule has 6 heteroatoms. The Hall–Kier alpha value is -2.53. The molecule has 0 unspecified atom stereocenters. The van der Waals surface area contributed by atoms with E-state index in [0.717, 1.165) is 40.4 Å². The van der Waals surface area contributed by atoms with Gasteiger partial charge in [0.1, 0.15) is 0 Å².